The summed E-state index contributed by atoms with van der Waals surface area (Å²) in [4.78, 5) is 28.3. The lowest BCUT2D eigenvalue weighted by Gasteiger charge is -2.40. The number of aromatic carboxylic acids is 1. The highest BCUT2D eigenvalue weighted by molar-refractivity contribution is 5.92. The fraction of sp³-hybridized carbons (Fsp3) is 0.387. The molecule has 7 rings (SSSR count). The molecule has 3 aliphatic heterocycles. The maximum absolute atomic E-state index is 11.6. The van der Waals surface area contributed by atoms with Crippen LogP contribution >= 0.6 is 0 Å². The molecule has 2 aromatic heterocycles. The third kappa shape index (κ3) is 5.45. The summed E-state index contributed by atoms with van der Waals surface area (Å²) in [5, 5.41) is 9.51. The van der Waals surface area contributed by atoms with Crippen LogP contribution < -0.4 is 14.5 Å². The van der Waals surface area contributed by atoms with Gasteiger partial charge in [-0.1, -0.05) is 24.3 Å². The first-order chi connectivity index (χ1) is 20.1. The van der Waals surface area contributed by atoms with E-state index in [1.54, 1.807) is 12.1 Å². The number of para-hydroxylation sites is 1. The predicted octanol–water partition coefficient (Wildman–Crippen LogP) is 3.51. The second-order valence-corrected chi connectivity index (χ2v) is 11.0. The van der Waals surface area contributed by atoms with Crippen molar-refractivity contribution in [1.82, 2.24) is 19.4 Å². The van der Waals surface area contributed by atoms with Gasteiger partial charge in [-0.2, -0.15) is 4.98 Å². The van der Waals surface area contributed by atoms with Gasteiger partial charge in [0.05, 0.1) is 48.9 Å². The molecule has 3 fully saturated rings. The first kappa shape index (κ1) is 25.8. The molecule has 2 aromatic carbocycles. The summed E-state index contributed by atoms with van der Waals surface area (Å²) >= 11 is 0. The Morgan fingerprint density at radius 1 is 0.951 bits per heavy atom. The van der Waals surface area contributed by atoms with Crippen LogP contribution in [0.4, 0.5) is 11.5 Å². The van der Waals surface area contributed by atoms with E-state index >= 15 is 0 Å². The Balaban J connectivity index is 0.977. The monoisotopic (exact) mass is 554 g/mol. The van der Waals surface area contributed by atoms with Crippen molar-refractivity contribution in [3.8, 4) is 5.88 Å². The van der Waals surface area contributed by atoms with Gasteiger partial charge < -0.3 is 28.9 Å². The lowest BCUT2D eigenvalue weighted by molar-refractivity contribution is -0.0592. The van der Waals surface area contributed by atoms with E-state index in [4.69, 9.17) is 19.4 Å². The smallest absolute Gasteiger partial charge is 0.335 e. The van der Waals surface area contributed by atoms with Crippen molar-refractivity contribution in [3.63, 3.8) is 0 Å². The molecule has 1 atom stereocenters. The zero-order chi connectivity index (χ0) is 27.8. The van der Waals surface area contributed by atoms with Crippen LogP contribution in [-0.2, 0) is 17.8 Å². The van der Waals surface area contributed by atoms with Gasteiger partial charge in [0.2, 0.25) is 5.88 Å². The number of carboxylic acids is 1. The lowest BCUT2D eigenvalue weighted by atomic mass is 10.1. The maximum atomic E-state index is 11.6. The Morgan fingerprint density at radius 3 is 2.49 bits per heavy atom. The van der Waals surface area contributed by atoms with Gasteiger partial charge in [-0.25, -0.2) is 9.78 Å². The highest BCUT2D eigenvalue weighted by atomic mass is 16.5. The molecule has 5 heterocycles. The van der Waals surface area contributed by atoms with E-state index in [1.807, 2.05) is 24.3 Å². The molecule has 0 bridgehead atoms. The van der Waals surface area contributed by atoms with E-state index < -0.39 is 5.97 Å². The number of ether oxygens (including phenoxy) is 2. The number of hydrogen-bond donors (Lipinski definition) is 1. The van der Waals surface area contributed by atoms with E-state index in [0.717, 1.165) is 75.0 Å². The number of benzene rings is 2. The minimum Gasteiger partial charge on any atom is -0.478 e. The number of pyridine rings is 1. The van der Waals surface area contributed by atoms with E-state index in [0.29, 0.717) is 19.0 Å². The van der Waals surface area contributed by atoms with Crippen molar-refractivity contribution in [2.45, 2.75) is 31.7 Å². The number of fused-ring (bicyclic) bond motifs is 1. The maximum Gasteiger partial charge on any atom is 0.335 e. The summed E-state index contributed by atoms with van der Waals surface area (Å²) in [6.07, 6.45) is 1.31. The molecule has 4 aromatic rings. The van der Waals surface area contributed by atoms with Crippen molar-refractivity contribution in [2.75, 3.05) is 55.7 Å². The van der Waals surface area contributed by atoms with Crippen LogP contribution in [0.25, 0.3) is 11.0 Å². The summed E-state index contributed by atoms with van der Waals surface area (Å²) in [5.74, 6) is 1.64. The number of rotatable bonds is 9. The average molecular weight is 555 g/mol. The number of carboxylic acid groups (broad SMARTS) is 1. The summed E-state index contributed by atoms with van der Waals surface area (Å²) < 4.78 is 14.1. The average Bonchev–Trinajstić information content (AvgIpc) is 3.29. The molecule has 0 unspecified atom stereocenters. The van der Waals surface area contributed by atoms with Crippen molar-refractivity contribution >= 4 is 28.5 Å². The number of nitrogens with zero attached hydrogens (tertiary/aromatic N) is 6. The zero-order valence-corrected chi connectivity index (χ0v) is 22.9. The van der Waals surface area contributed by atoms with Crippen LogP contribution in [0.3, 0.4) is 0 Å². The molecule has 41 heavy (non-hydrogen) atoms. The van der Waals surface area contributed by atoms with Gasteiger partial charge in [0, 0.05) is 44.5 Å². The normalized spacial score (nSPS) is 19.7. The molecule has 212 valence electrons. The third-order valence-corrected chi connectivity index (χ3v) is 8.28. The van der Waals surface area contributed by atoms with Gasteiger partial charge in [0.15, 0.2) is 0 Å². The van der Waals surface area contributed by atoms with Crippen LogP contribution in [-0.4, -0.2) is 88.6 Å². The van der Waals surface area contributed by atoms with E-state index in [1.165, 1.54) is 5.69 Å². The van der Waals surface area contributed by atoms with Crippen molar-refractivity contribution in [2.24, 2.45) is 0 Å². The zero-order valence-electron chi connectivity index (χ0n) is 22.9. The van der Waals surface area contributed by atoms with Crippen LogP contribution in [0.2, 0.25) is 0 Å². The van der Waals surface area contributed by atoms with E-state index in [-0.39, 0.29) is 17.8 Å². The highest BCUT2D eigenvalue weighted by Gasteiger charge is 2.29. The van der Waals surface area contributed by atoms with Crippen LogP contribution in [0.1, 0.15) is 22.6 Å². The molecule has 0 aliphatic carbocycles. The standard InChI is InChI=1S/C31H34N6O4/c38-31(39)22-9-10-26-27(17-22)37(20-24-11-16-40-24)29(32-26)21-34-12-14-35(15-13-34)28-7-4-8-30(33-28)41-25-18-36(19-25)23-5-2-1-3-6-23/h1-10,17,24-25H,11-16,18-21H2,(H,38,39)/t24-/m0/s1. The first-order valence-electron chi connectivity index (χ1n) is 14.3. The van der Waals surface area contributed by atoms with Gasteiger partial charge in [-0.05, 0) is 42.8 Å². The highest BCUT2D eigenvalue weighted by Crippen LogP contribution is 2.26. The Labute approximate surface area is 238 Å². The summed E-state index contributed by atoms with van der Waals surface area (Å²) in [5.41, 5.74) is 3.18. The molecule has 3 aliphatic rings. The first-order valence-corrected chi connectivity index (χ1v) is 14.3. The SMILES string of the molecule is O=C(O)c1ccc2nc(CN3CCN(c4cccc(OC5CN(c6ccccc6)C5)n4)CC3)n(C[C@@H]3CCO3)c2c1. The Kier molecular flexibility index (Phi) is 6.93. The Morgan fingerprint density at radius 2 is 1.76 bits per heavy atom. The summed E-state index contributed by atoms with van der Waals surface area (Å²) in [6, 6.07) is 21.6. The Bertz CT molecular complexity index is 1520. The van der Waals surface area contributed by atoms with Crippen molar-refractivity contribution < 1.29 is 19.4 Å². The molecule has 10 heteroatoms. The minimum atomic E-state index is -0.929. The second-order valence-electron chi connectivity index (χ2n) is 11.0. The lowest BCUT2D eigenvalue weighted by Crippen LogP contribution is -2.54. The molecule has 0 spiro atoms. The van der Waals surface area contributed by atoms with Gasteiger partial charge in [0.25, 0.3) is 0 Å². The van der Waals surface area contributed by atoms with Gasteiger partial charge in [-0.15, -0.1) is 0 Å². The fourth-order valence-corrected chi connectivity index (χ4v) is 5.78. The summed E-state index contributed by atoms with van der Waals surface area (Å²) in [6.45, 7) is 7.38. The number of aromatic nitrogens is 3. The van der Waals surface area contributed by atoms with E-state index in [2.05, 4.69) is 49.6 Å². The molecule has 1 N–H and O–H groups in total. The predicted molar refractivity (Wildman–Crippen MR) is 156 cm³/mol. The molecule has 0 amide bonds. The van der Waals surface area contributed by atoms with E-state index in [9.17, 15) is 9.90 Å². The minimum absolute atomic E-state index is 0.144. The molecule has 0 radical (unpaired) electrons. The number of piperazine rings is 1. The molecule has 0 saturated carbocycles. The number of carbonyl (C=O) groups is 1. The second kappa shape index (κ2) is 11.0. The van der Waals surface area contributed by atoms with Crippen molar-refractivity contribution in [1.29, 1.82) is 0 Å². The molecule has 10 nitrogen and oxygen atoms in total. The van der Waals surface area contributed by atoms with Crippen LogP contribution in [0.5, 0.6) is 5.88 Å². The van der Waals surface area contributed by atoms with Crippen molar-refractivity contribution in [3.05, 3.63) is 78.1 Å². The van der Waals surface area contributed by atoms with Gasteiger partial charge >= 0.3 is 5.97 Å². The van der Waals surface area contributed by atoms with Crippen LogP contribution in [0, 0.1) is 0 Å². The fourth-order valence-electron chi connectivity index (χ4n) is 5.78. The largest absolute Gasteiger partial charge is 0.478 e. The molecular weight excluding hydrogens is 520 g/mol. The topological polar surface area (TPSA) is 96.2 Å². The van der Waals surface area contributed by atoms with Gasteiger partial charge in [-0.3, -0.25) is 4.90 Å². The van der Waals surface area contributed by atoms with Crippen LogP contribution in [0.15, 0.2) is 66.7 Å². The molecular formula is C31H34N6O4. The summed E-state index contributed by atoms with van der Waals surface area (Å²) in [7, 11) is 0. The van der Waals surface area contributed by atoms with Gasteiger partial charge in [0.1, 0.15) is 17.7 Å². The number of anilines is 2. The third-order valence-electron chi connectivity index (χ3n) is 8.28. The quantitative estimate of drug-likeness (QED) is 0.333. The molecule has 3 saturated heterocycles. The Hall–Kier alpha value is -4.15. The number of hydrogen-bond acceptors (Lipinski definition) is 8. The number of imidazole rings is 1.